The van der Waals surface area contributed by atoms with Crippen LogP contribution in [0, 0.1) is 0 Å². The predicted octanol–water partition coefficient (Wildman–Crippen LogP) is 0.667. The maximum absolute atomic E-state index is 11.8. The maximum atomic E-state index is 11.8. The Hall–Kier alpha value is -2.50. The van der Waals surface area contributed by atoms with Crippen molar-refractivity contribution < 1.29 is 14.4 Å². The van der Waals surface area contributed by atoms with E-state index < -0.39 is 5.92 Å². The first-order valence-electron chi connectivity index (χ1n) is 5.95. The van der Waals surface area contributed by atoms with E-state index in [0.717, 1.165) is 6.29 Å². The predicted molar refractivity (Wildman–Crippen MR) is 65.7 cm³/mol. The zero-order valence-electron chi connectivity index (χ0n) is 10.00. The Bertz CT molecular complexity index is 689. The first-order chi connectivity index (χ1) is 9.17. The highest BCUT2D eigenvalue weighted by atomic mass is 16.2. The molecule has 1 unspecified atom stereocenters. The molecule has 0 aliphatic carbocycles. The number of carbonyl (C=O) groups is 3. The van der Waals surface area contributed by atoms with E-state index in [1.165, 1.54) is 0 Å². The number of pyridine rings is 1. The highest BCUT2D eigenvalue weighted by molar-refractivity contribution is 6.00. The molecule has 19 heavy (non-hydrogen) atoms. The van der Waals surface area contributed by atoms with E-state index >= 15 is 0 Å². The van der Waals surface area contributed by atoms with Gasteiger partial charge >= 0.3 is 0 Å². The number of fused-ring (bicyclic) bond motifs is 1. The lowest BCUT2D eigenvalue weighted by atomic mass is 9.95. The highest BCUT2D eigenvalue weighted by Gasteiger charge is 2.29. The summed E-state index contributed by atoms with van der Waals surface area (Å²) >= 11 is 0. The molecule has 2 aromatic heterocycles. The van der Waals surface area contributed by atoms with Gasteiger partial charge in [-0.15, -0.1) is 0 Å². The average molecular weight is 257 g/mol. The average Bonchev–Trinajstić information content (AvgIpc) is 2.80. The Morgan fingerprint density at radius 3 is 2.89 bits per heavy atom. The van der Waals surface area contributed by atoms with E-state index in [1.807, 2.05) is 0 Å². The fraction of sp³-hybridized carbons (Fsp3) is 0.231. The zero-order chi connectivity index (χ0) is 13.4. The SMILES string of the molecule is O=Cc1ccc2nc(C3CCC(=O)NC3=O)cn2c1. The third-order valence-corrected chi connectivity index (χ3v) is 3.22. The molecule has 2 amide bonds. The second kappa shape index (κ2) is 4.31. The summed E-state index contributed by atoms with van der Waals surface area (Å²) in [5.41, 5.74) is 1.83. The van der Waals surface area contributed by atoms with Gasteiger partial charge in [0.2, 0.25) is 11.8 Å². The molecule has 3 heterocycles. The monoisotopic (exact) mass is 257 g/mol. The van der Waals surface area contributed by atoms with Crippen molar-refractivity contribution in [2.24, 2.45) is 0 Å². The molecule has 0 aromatic carbocycles. The van der Waals surface area contributed by atoms with Crippen LogP contribution in [0.25, 0.3) is 5.65 Å². The van der Waals surface area contributed by atoms with Crippen LogP contribution in [0.5, 0.6) is 0 Å². The van der Waals surface area contributed by atoms with Crippen LogP contribution in [0.3, 0.4) is 0 Å². The quantitative estimate of drug-likeness (QED) is 0.633. The van der Waals surface area contributed by atoms with E-state index in [-0.39, 0.29) is 11.8 Å². The summed E-state index contributed by atoms with van der Waals surface area (Å²) < 4.78 is 1.71. The van der Waals surface area contributed by atoms with Crippen molar-refractivity contribution in [3.05, 3.63) is 35.8 Å². The number of aldehydes is 1. The molecule has 1 aliphatic heterocycles. The molecule has 0 radical (unpaired) electrons. The molecule has 0 bridgehead atoms. The van der Waals surface area contributed by atoms with Gasteiger partial charge in [0.15, 0.2) is 6.29 Å². The van der Waals surface area contributed by atoms with Crippen molar-refractivity contribution in [2.75, 3.05) is 0 Å². The number of carbonyl (C=O) groups excluding carboxylic acids is 3. The van der Waals surface area contributed by atoms with Gasteiger partial charge in [0.05, 0.1) is 11.6 Å². The molecule has 2 aromatic rings. The molecular formula is C13H11N3O3. The summed E-state index contributed by atoms with van der Waals surface area (Å²) in [5.74, 6) is -0.958. The van der Waals surface area contributed by atoms with Gasteiger partial charge in [-0.1, -0.05) is 0 Å². The van der Waals surface area contributed by atoms with E-state index in [4.69, 9.17) is 0 Å². The van der Waals surface area contributed by atoms with Gasteiger partial charge in [0, 0.05) is 24.4 Å². The summed E-state index contributed by atoms with van der Waals surface area (Å²) in [7, 11) is 0. The second-order valence-corrected chi connectivity index (χ2v) is 4.52. The lowest BCUT2D eigenvalue weighted by Crippen LogP contribution is -2.39. The highest BCUT2D eigenvalue weighted by Crippen LogP contribution is 2.24. The van der Waals surface area contributed by atoms with Gasteiger partial charge in [0.25, 0.3) is 0 Å². The zero-order valence-corrected chi connectivity index (χ0v) is 10.00. The van der Waals surface area contributed by atoms with Crippen LogP contribution < -0.4 is 5.32 Å². The van der Waals surface area contributed by atoms with Crippen molar-refractivity contribution in [2.45, 2.75) is 18.8 Å². The normalized spacial score (nSPS) is 19.5. The molecule has 1 N–H and O–H groups in total. The number of piperidine rings is 1. The second-order valence-electron chi connectivity index (χ2n) is 4.52. The van der Waals surface area contributed by atoms with Gasteiger partial charge in [0.1, 0.15) is 5.65 Å². The fourth-order valence-corrected chi connectivity index (χ4v) is 2.24. The minimum absolute atomic E-state index is 0.242. The summed E-state index contributed by atoms with van der Waals surface area (Å²) in [5, 5.41) is 2.31. The van der Waals surface area contributed by atoms with Crippen LogP contribution >= 0.6 is 0 Å². The van der Waals surface area contributed by atoms with Gasteiger partial charge in [-0.25, -0.2) is 4.98 Å². The number of hydrogen-bond acceptors (Lipinski definition) is 4. The Morgan fingerprint density at radius 1 is 1.32 bits per heavy atom. The Kier molecular flexibility index (Phi) is 2.63. The third-order valence-electron chi connectivity index (χ3n) is 3.22. The summed E-state index contributed by atoms with van der Waals surface area (Å²) in [6.45, 7) is 0. The molecule has 0 spiro atoms. The molecule has 96 valence electrons. The molecule has 3 rings (SSSR count). The minimum Gasteiger partial charge on any atom is -0.306 e. The molecular weight excluding hydrogens is 246 g/mol. The van der Waals surface area contributed by atoms with Gasteiger partial charge in [-0.2, -0.15) is 0 Å². The van der Waals surface area contributed by atoms with Crippen LogP contribution in [0.15, 0.2) is 24.5 Å². The number of aromatic nitrogens is 2. The first kappa shape index (κ1) is 11.6. The molecule has 6 heteroatoms. The summed E-state index contributed by atoms with van der Waals surface area (Å²) in [6, 6.07) is 3.39. The van der Waals surface area contributed by atoms with E-state index in [2.05, 4.69) is 10.3 Å². The van der Waals surface area contributed by atoms with Gasteiger partial charge < -0.3 is 4.40 Å². The minimum atomic E-state index is -0.405. The van der Waals surface area contributed by atoms with Crippen LogP contribution in [0.1, 0.15) is 34.8 Å². The summed E-state index contributed by atoms with van der Waals surface area (Å²) in [4.78, 5) is 38.0. The van der Waals surface area contributed by atoms with Crippen molar-refractivity contribution in [1.82, 2.24) is 14.7 Å². The van der Waals surface area contributed by atoms with Crippen LogP contribution in [0.4, 0.5) is 0 Å². The van der Waals surface area contributed by atoms with Gasteiger partial charge in [-0.05, 0) is 18.6 Å². The van der Waals surface area contributed by atoms with Crippen LogP contribution in [0.2, 0.25) is 0 Å². The number of hydrogen-bond donors (Lipinski definition) is 1. The Labute approximate surface area is 108 Å². The number of imidazole rings is 1. The Morgan fingerprint density at radius 2 is 2.16 bits per heavy atom. The van der Waals surface area contributed by atoms with E-state index in [9.17, 15) is 14.4 Å². The molecule has 1 saturated heterocycles. The molecule has 1 aliphatic rings. The largest absolute Gasteiger partial charge is 0.306 e. The summed E-state index contributed by atoms with van der Waals surface area (Å²) in [6.07, 6.45) is 4.93. The van der Waals surface area contributed by atoms with Gasteiger partial charge in [-0.3, -0.25) is 19.7 Å². The number of amides is 2. The topological polar surface area (TPSA) is 80.5 Å². The lowest BCUT2D eigenvalue weighted by Gasteiger charge is -2.18. The molecule has 6 nitrogen and oxygen atoms in total. The smallest absolute Gasteiger partial charge is 0.235 e. The van der Waals surface area contributed by atoms with Crippen molar-refractivity contribution in [3.63, 3.8) is 0 Å². The first-order valence-corrected chi connectivity index (χ1v) is 5.95. The maximum Gasteiger partial charge on any atom is 0.235 e. The van der Waals surface area contributed by atoms with E-state index in [0.29, 0.717) is 29.7 Å². The number of nitrogens with zero attached hydrogens (tertiary/aromatic N) is 2. The van der Waals surface area contributed by atoms with Crippen LogP contribution in [-0.4, -0.2) is 27.5 Å². The lowest BCUT2D eigenvalue weighted by molar-refractivity contribution is -0.134. The standard InChI is InChI=1S/C13H11N3O3/c17-7-8-1-3-11-14-10(6-16(11)5-8)9-2-4-12(18)15-13(9)19/h1,3,5-7,9H,2,4H2,(H,15,18,19). The molecule has 1 atom stereocenters. The van der Waals surface area contributed by atoms with Crippen molar-refractivity contribution in [3.8, 4) is 0 Å². The fourth-order valence-electron chi connectivity index (χ4n) is 2.24. The number of nitrogens with one attached hydrogen (secondary N) is 1. The molecule has 1 fully saturated rings. The number of imide groups is 1. The van der Waals surface area contributed by atoms with Crippen molar-refractivity contribution >= 4 is 23.7 Å². The van der Waals surface area contributed by atoms with Crippen molar-refractivity contribution in [1.29, 1.82) is 0 Å². The Balaban J connectivity index is 1.99. The van der Waals surface area contributed by atoms with E-state index in [1.54, 1.807) is 28.9 Å². The third kappa shape index (κ3) is 2.01. The van der Waals surface area contributed by atoms with Crippen LogP contribution in [-0.2, 0) is 9.59 Å². The number of rotatable bonds is 2. The molecule has 0 saturated carbocycles.